The third-order valence-corrected chi connectivity index (χ3v) is 7.84. The number of hydrogen-bond donors (Lipinski definition) is 1. The number of nitrogens with zero attached hydrogens (tertiary/aromatic N) is 2. The third kappa shape index (κ3) is 4.03. The van der Waals surface area contributed by atoms with E-state index in [2.05, 4.69) is 10.3 Å². The number of sulfone groups is 1. The minimum absolute atomic E-state index is 0.0241. The molecule has 0 bridgehead atoms. The van der Waals surface area contributed by atoms with Crippen LogP contribution in [0, 0.1) is 0 Å². The lowest BCUT2D eigenvalue weighted by molar-refractivity contribution is 0.0438. The van der Waals surface area contributed by atoms with Crippen molar-refractivity contribution >= 4 is 37.4 Å². The maximum Gasteiger partial charge on any atom is 0.317 e. The standard InChI is InChI=1S/C18H23N3O4S2/c1-27(23,24)14-7-5-12(6-8-14)20-18(22)21-9-13(10-21)25-15-3-2-4-16-17(15)19-11-26-16/h2-4,11-14H,5-10H2,1H3,(H,20,22). The van der Waals surface area contributed by atoms with E-state index in [-0.39, 0.29) is 23.4 Å². The molecule has 2 aromatic rings. The molecule has 9 heteroatoms. The first-order valence-corrected chi connectivity index (χ1v) is 12.0. The Labute approximate surface area is 162 Å². The number of amides is 2. The number of fused-ring (bicyclic) bond motifs is 1. The zero-order valence-corrected chi connectivity index (χ0v) is 16.8. The molecule has 0 radical (unpaired) electrons. The Morgan fingerprint density at radius 3 is 2.70 bits per heavy atom. The Morgan fingerprint density at radius 2 is 2.00 bits per heavy atom. The second kappa shape index (κ2) is 7.27. The number of ether oxygens (including phenoxy) is 1. The van der Waals surface area contributed by atoms with E-state index in [1.807, 2.05) is 18.2 Å². The first-order chi connectivity index (χ1) is 12.9. The molecule has 1 saturated carbocycles. The number of aromatic nitrogens is 1. The lowest BCUT2D eigenvalue weighted by atomic mass is 9.95. The first kappa shape index (κ1) is 18.5. The molecule has 0 spiro atoms. The molecule has 0 unspecified atom stereocenters. The first-order valence-electron chi connectivity index (χ1n) is 9.13. The van der Waals surface area contributed by atoms with Gasteiger partial charge in [-0.1, -0.05) is 6.07 Å². The van der Waals surface area contributed by atoms with Crippen molar-refractivity contribution in [3.63, 3.8) is 0 Å². The van der Waals surface area contributed by atoms with E-state index in [0.29, 0.717) is 38.8 Å². The highest BCUT2D eigenvalue weighted by Crippen LogP contribution is 2.29. The fourth-order valence-corrected chi connectivity index (χ4v) is 5.54. The highest BCUT2D eigenvalue weighted by Gasteiger charge is 2.35. The Morgan fingerprint density at radius 1 is 1.26 bits per heavy atom. The molecule has 1 aliphatic carbocycles. The quantitative estimate of drug-likeness (QED) is 0.838. The van der Waals surface area contributed by atoms with Crippen LogP contribution in [0.4, 0.5) is 4.79 Å². The number of para-hydroxylation sites is 1. The van der Waals surface area contributed by atoms with Gasteiger partial charge in [-0.05, 0) is 37.8 Å². The van der Waals surface area contributed by atoms with Crippen LogP contribution >= 0.6 is 11.3 Å². The number of hydrogen-bond acceptors (Lipinski definition) is 6. The summed E-state index contributed by atoms with van der Waals surface area (Å²) in [7, 11) is -2.98. The molecule has 2 heterocycles. The summed E-state index contributed by atoms with van der Waals surface area (Å²) < 4.78 is 30.3. The number of urea groups is 1. The van der Waals surface area contributed by atoms with E-state index in [0.717, 1.165) is 16.0 Å². The molecule has 1 saturated heterocycles. The highest BCUT2D eigenvalue weighted by atomic mass is 32.2. The molecule has 2 fully saturated rings. The topological polar surface area (TPSA) is 88.6 Å². The van der Waals surface area contributed by atoms with Crippen molar-refractivity contribution in [1.82, 2.24) is 15.2 Å². The molecular weight excluding hydrogens is 386 g/mol. The minimum Gasteiger partial charge on any atom is -0.484 e. The van der Waals surface area contributed by atoms with Crippen molar-refractivity contribution in [3.05, 3.63) is 23.7 Å². The van der Waals surface area contributed by atoms with Crippen molar-refractivity contribution in [2.75, 3.05) is 19.3 Å². The van der Waals surface area contributed by atoms with Crippen molar-refractivity contribution in [1.29, 1.82) is 0 Å². The van der Waals surface area contributed by atoms with Crippen LogP contribution in [-0.2, 0) is 9.84 Å². The summed E-state index contributed by atoms with van der Waals surface area (Å²) in [5, 5.41) is 2.77. The largest absolute Gasteiger partial charge is 0.484 e. The molecule has 27 heavy (non-hydrogen) atoms. The van der Waals surface area contributed by atoms with E-state index >= 15 is 0 Å². The summed E-state index contributed by atoms with van der Waals surface area (Å²) in [6.45, 7) is 1.09. The monoisotopic (exact) mass is 409 g/mol. The molecule has 1 aliphatic heterocycles. The van der Waals surface area contributed by atoms with Crippen molar-refractivity contribution in [2.24, 2.45) is 0 Å². The Balaban J connectivity index is 1.24. The maximum atomic E-state index is 12.4. The number of benzene rings is 1. The number of nitrogens with one attached hydrogen (secondary N) is 1. The Kier molecular flexibility index (Phi) is 4.98. The third-order valence-electron chi connectivity index (χ3n) is 5.36. The highest BCUT2D eigenvalue weighted by molar-refractivity contribution is 7.91. The van der Waals surface area contributed by atoms with Crippen LogP contribution in [0.1, 0.15) is 25.7 Å². The number of carbonyl (C=O) groups is 1. The summed E-state index contributed by atoms with van der Waals surface area (Å²) in [5.74, 6) is 0.762. The van der Waals surface area contributed by atoms with E-state index < -0.39 is 9.84 Å². The predicted octanol–water partition coefficient (Wildman–Crippen LogP) is 2.42. The van der Waals surface area contributed by atoms with Gasteiger partial charge in [0.05, 0.1) is 28.5 Å². The van der Waals surface area contributed by atoms with Gasteiger partial charge in [-0.2, -0.15) is 0 Å². The van der Waals surface area contributed by atoms with Crippen molar-refractivity contribution < 1.29 is 17.9 Å². The molecule has 2 amide bonds. The minimum atomic E-state index is -2.98. The van der Waals surface area contributed by atoms with Crippen LogP contribution in [0.15, 0.2) is 23.7 Å². The van der Waals surface area contributed by atoms with Gasteiger partial charge in [-0.3, -0.25) is 0 Å². The molecule has 1 aromatic heterocycles. The number of carbonyl (C=O) groups excluding carboxylic acids is 1. The number of likely N-dealkylation sites (tertiary alicyclic amines) is 1. The number of thiazole rings is 1. The smallest absolute Gasteiger partial charge is 0.317 e. The predicted molar refractivity (Wildman–Crippen MR) is 105 cm³/mol. The van der Waals surface area contributed by atoms with Gasteiger partial charge < -0.3 is 15.0 Å². The van der Waals surface area contributed by atoms with E-state index in [9.17, 15) is 13.2 Å². The van der Waals surface area contributed by atoms with Gasteiger partial charge in [0.25, 0.3) is 0 Å². The van der Waals surface area contributed by atoms with Crippen molar-refractivity contribution in [3.8, 4) is 5.75 Å². The SMILES string of the molecule is CS(=O)(=O)C1CCC(NC(=O)N2CC(Oc3cccc4scnc34)C2)CC1. The van der Waals surface area contributed by atoms with Crippen LogP contribution in [0.2, 0.25) is 0 Å². The van der Waals surface area contributed by atoms with Crippen LogP contribution < -0.4 is 10.1 Å². The molecule has 146 valence electrons. The van der Waals surface area contributed by atoms with Crippen LogP contribution in [0.5, 0.6) is 5.75 Å². The van der Waals surface area contributed by atoms with Crippen LogP contribution in [-0.4, -0.2) is 61.1 Å². The molecule has 0 atom stereocenters. The van der Waals surface area contributed by atoms with Crippen LogP contribution in [0.25, 0.3) is 10.2 Å². The average molecular weight is 410 g/mol. The zero-order chi connectivity index (χ0) is 19.0. The second-order valence-corrected chi connectivity index (χ2v) is 10.6. The van der Waals surface area contributed by atoms with Crippen LogP contribution in [0.3, 0.4) is 0 Å². The molecule has 2 aliphatic rings. The summed E-state index contributed by atoms with van der Waals surface area (Å²) in [6.07, 6.45) is 3.93. The molecule has 1 N–H and O–H groups in total. The summed E-state index contributed by atoms with van der Waals surface area (Å²) in [4.78, 5) is 18.4. The fraction of sp³-hybridized carbons (Fsp3) is 0.556. The van der Waals surface area contributed by atoms with Gasteiger partial charge >= 0.3 is 6.03 Å². The number of rotatable bonds is 4. The second-order valence-electron chi connectivity index (χ2n) is 7.35. The lowest BCUT2D eigenvalue weighted by Gasteiger charge is -2.40. The fourth-order valence-electron chi connectivity index (χ4n) is 3.71. The Bertz CT molecular complexity index is 929. The average Bonchev–Trinajstić information content (AvgIpc) is 3.06. The van der Waals surface area contributed by atoms with Gasteiger partial charge in [0, 0.05) is 12.3 Å². The zero-order valence-electron chi connectivity index (χ0n) is 15.1. The summed E-state index contributed by atoms with van der Waals surface area (Å²) in [6, 6.07) is 5.83. The maximum absolute atomic E-state index is 12.4. The molecule has 4 rings (SSSR count). The molecular formula is C18H23N3O4S2. The van der Waals surface area contributed by atoms with Gasteiger partial charge in [0.2, 0.25) is 0 Å². The van der Waals surface area contributed by atoms with Gasteiger partial charge in [0.15, 0.2) is 0 Å². The normalized spacial score (nSPS) is 23.8. The molecule has 7 nitrogen and oxygen atoms in total. The van der Waals surface area contributed by atoms with Crippen molar-refractivity contribution in [2.45, 2.75) is 43.1 Å². The van der Waals surface area contributed by atoms with Gasteiger partial charge in [-0.25, -0.2) is 18.2 Å². The summed E-state index contributed by atoms with van der Waals surface area (Å²) in [5.41, 5.74) is 2.67. The summed E-state index contributed by atoms with van der Waals surface area (Å²) >= 11 is 1.58. The van der Waals surface area contributed by atoms with E-state index in [1.54, 1.807) is 21.7 Å². The Hall–Kier alpha value is -1.87. The van der Waals surface area contributed by atoms with Gasteiger partial charge in [-0.15, -0.1) is 11.3 Å². The van der Waals surface area contributed by atoms with E-state index in [4.69, 9.17) is 4.74 Å². The lowest BCUT2D eigenvalue weighted by Crippen LogP contribution is -2.60. The molecule has 1 aromatic carbocycles. The van der Waals surface area contributed by atoms with E-state index in [1.165, 1.54) is 6.26 Å². The van der Waals surface area contributed by atoms with Gasteiger partial charge in [0.1, 0.15) is 27.2 Å².